The zero-order valence-corrected chi connectivity index (χ0v) is 5.21. The molecular weight excluding hydrogens is 118 g/mol. The molecule has 1 aliphatic rings. The van der Waals surface area contributed by atoms with Gasteiger partial charge in [-0.2, -0.15) is 0 Å². The second kappa shape index (κ2) is 2.35. The van der Waals surface area contributed by atoms with Crippen LogP contribution in [-0.4, -0.2) is 17.1 Å². The molecular formula is C6H11NO2. The van der Waals surface area contributed by atoms with Gasteiger partial charge in [0.15, 0.2) is 0 Å². The number of amides is 1. The van der Waals surface area contributed by atoms with Crippen molar-refractivity contribution in [2.45, 2.75) is 25.4 Å². The number of carbonyl (C=O) groups is 1. The molecule has 1 amide bonds. The van der Waals surface area contributed by atoms with Gasteiger partial charge in [-0.05, 0) is 19.3 Å². The van der Waals surface area contributed by atoms with Gasteiger partial charge in [-0.25, -0.2) is 0 Å². The van der Waals surface area contributed by atoms with Crippen LogP contribution in [0, 0.1) is 5.92 Å². The number of aliphatic hydroxyl groups excluding tert-OH is 1. The van der Waals surface area contributed by atoms with Crippen LogP contribution in [0.1, 0.15) is 19.3 Å². The first-order valence-electron chi connectivity index (χ1n) is 3.19. The Morgan fingerprint density at radius 1 is 1.56 bits per heavy atom. The van der Waals surface area contributed by atoms with E-state index in [9.17, 15) is 4.79 Å². The van der Waals surface area contributed by atoms with E-state index >= 15 is 0 Å². The van der Waals surface area contributed by atoms with E-state index in [0.717, 1.165) is 19.3 Å². The van der Waals surface area contributed by atoms with Crippen molar-refractivity contribution in [3.05, 3.63) is 0 Å². The summed E-state index contributed by atoms with van der Waals surface area (Å²) in [7, 11) is 0. The van der Waals surface area contributed by atoms with E-state index < -0.39 is 6.10 Å². The molecule has 3 heteroatoms. The smallest absolute Gasteiger partial charge is 0.223 e. The fraction of sp³-hybridized carbons (Fsp3) is 0.833. The van der Waals surface area contributed by atoms with Crippen molar-refractivity contribution < 1.29 is 9.90 Å². The lowest BCUT2D eigenvalue weighted by Gasteiger charge is -2.07. The van der Waals surface area contributed by atoms with Gasteiger partial charge in [0.05, 0.1) is 12.0 Å². The summed E-state index contributed by atoms with van der Waals surface area (Å²) < 4.78 is 0. The zero-order valence-electron chi connectivity index (χ0n) is 5.21. The van der Waals surface area contributed by atoms with Crippen molar-refractivity contribution in [2.75, 3.05) is 0 Å². The molecule has 1 aliphatic carbocycles. The number of aliphatic hydroxyl groups is 1. The molecule has 0 unspecified atom stereocenters. The van der Waals surface area contributed by atoms with Gasteiger partial charge in [-0.15, -0.1) is 0 Å². The highest BCUT2D eigenvalue weighted by Crippen LogP contribution is 2.24. The highest BCUT2D eigenvalue weighted by Gasteiger charge is 2.29. The molecule has 0 spiro atoms. The Balaban J connectivity index is 2.49. The third-order valence-electron chi connectivity index (χ3n) is 1.84. The van der Waals surface area contributed by atoms with Crippen LogP contribution < -0.4 is 5.73 Å². The van der Waals surface area contributed by atoms with Crippen molar-refractivity contribution in [3.63, 3.8) is 0 Å². The van der Waals surface area contributed by atoms with Crippen molar-refractivity contribution in [1.29, 1.82) is 0 Å². The lowest BCUT2D eigenvalue weighted by atomic mass is 10.1. The largest absolute Gasteiger partial charge is 0.392 e. The third kappa shape index (κ3) is 1.21. The molecule has 0 radical (unpaired) electrons. The van der Waals surface area contributed by atoms with Crippen LogP contribution in [0.25, 0.3) is 0 Å². The molecule has 0 heterocycles. The number of carbonyl (C=O) groups excluding carboxylic acids is 1. The third-order valence-corrected chi connectivity index (χ3v) is 1.84. The molecule has 1 saturated carbocycles. The molecule has 3 N–H and O–H groups in total. The topological polar surface area (TPSA) is 63.3 Å². The van der Waals surface area contributed by atoms with Crippen molar-refractivity contribution in [2.24, 2.45) is 11.7 Å². The van der Waals surface area contributed by atoms with E-state index in [1.807, 2.05) is 0 Å². The Kier molecular flexibility index (Phi) is 1.71. The summed E-state index contributed by atoms with van der Waals surface area (Å²) in [4.78, 5) is 10.5. The molecule has 0 aromatic heterocycles. The Hall–Kier alpha value is -0.570. The first-order valence-corrected chi connectivity index (χ1v) is 3.19. The normalized spacial score (nSPS) is 34.8. The summed E-state index contributed by atoms with van der Waals surface area (Å²) in [5, 5.41) is 9.06. The van der Waals surface area contributed by atoms with Crippen LogP contribution in [0.15, 0.2) is 0 Å². The van der Waals surface area contributed by atoms with Crippen LogP contribution in [-0.2, 0) is 4.79 Å². The van der Waals surface area contributed by atoms with Gasteiger partial charge in [0.25, 0.3) is 0 Å². The van der Waals surface area contributed by atoms with Gasteiger partial charge in [0, 0.05) is 0 Å². The quantitative estimate of drug-likeness (QED) is 0.507. The molecule has 9 heavy (non-hydrogen) atoms. The van der Waals surface area contributed by atoms with Gasteiger partial charge in [0.1, 0.15) is 0 Å². The average Bonchev–Trinajstić information content (AvgIpc) is 2.13. The van der Waals surface area contributed by atoms with E-state index in [1.54, 1.807) is 0 Å². The minimum Gasteiger partial charge on any atom is -0.392 e. The van der Waals surface area contributed by atoms with Gasteiger partial charge < -0.3 is 10.8 Å². The molecule has 52 valence electrons. The predicted octanol–water partition coefficient (Wildman–Crippen LogP) is -0.367. The van der Waals surface area contributed by atoms with Gasteiger partial charge >= 0.3 is 0 Å². The minimum atomic E-state index is -0.470. The maximum atomic E-state index is 10.5. The number of nitrogens with two attached hydrogens (primary N) is 1. The van der Waals surface area contributed by atoms with Crippen LogP contribution in [0.2, 0.25) is 0 Å². The lowest BCUT2D eigenvalue weighted by molar-refractivity contribution is -0.124. The van der Waals surface area contributed by atoms with E-state index in [4.69, 9.17) is 10.8 Å². The summed E-state index contributed by atoms with van der Waals surface area (Å²) in [6.45, 7) is 0. The van der Waals surface area contributed by atoms with Gasteiger partial charge in [-0.3, -0.25) is 4.79 Å². The fourth-order valence-corrected chi connectivity index (χ4v) is 1.27. The molecule has 0 aromatic carbocycles. The molecule has 0 bridgehead atoms. The maximum Gasteiger partial charge on any atom is 0.223 e. The van der Waals surface area contributed by atoms with Crippen LogP contribution in [0.5, 0.6) is 0 Å². The Labute approximate surface area is 53.9 Å². The highest BCUT2D eigenvalue weighted by atomic mass is 16.3. The van der Waals surface area contributed by atoms with Crippen molar-refractivity contribution >= 4 is 5.91 Å². The Morgan fingerprint density at radius 3 is 2.44 bits per heavy atom. The molecule has 0 aromatic rings. The lowest BCUT2D eigenvalue weighted by Crippen LogP contribution is -2.28. The zero-order chi connectivity index (χ0) is 6.85. The Morgan fingerprint density at radius 2 is 2.22 bits per heavy atom. The monoisotopic (exact) mass is 129 g/mol. The van der Waals surface area contributed by atoms with Gasteiger partial charge in [0.2, 0.25) is 5.91 Å². The SMILES string of the molecule is NC(=O)[C@@H]1CCC[C@@H]1O. The van der Waals surface area contributed by atoms with E-state index in [1.165, 1.54) is 0 Å². The highest BCUT2D eigenvalue weighted by molar-refractivity contribution is 5.77. The van der Waals surface area contributed by atoms with E-state index in [2.05, 4.69) is 0 Å². The number of hydrogen-bond acceptors (Lipinski definition) is 2. The molecule has 2 atom stereocenters. The minimum absolute atomic E-state index is 0.273. The summed E-state index contributed by atoms with van der Waals surface area (Å²) in [5.41, 5.74) is 4.99. The van der Waals surface area contributed by atoms with Crippen molar-refractivity contribution in [3.8, 4) is 0 Å². The van der Waals surface area contributed by atoms with E-state index in [-0.39, 0.29) is 11.8 Å². The summed E-state index contributed by atoms with van der Waals surface area (Å²) in [6.07, 6.45) is 1.95. The van der Waals surface area contributed by atoms with E-state index in [0.29, 0.717) is 0 Å². The van der Waals surface area contributed by atoms with Crippen LogP contribution in [0.4, 0.5) is 0 Å². The van der Waals surface area contributed by atoms with Crippen molar-refractivity contribution in [1.82, 2.24) is 0 Å². The predicted molar refractivity (Wildman–Crippen MR) is 32.5 cm³/mol. The molecule has 0 saturated heterocycles. The fourth-order valence-electron chi connectivity index (χ4n) is 1.27. The summed E-state index contributed by atoms with van der Waals surface area (Å²) in [5.74, 6) is -0.634. The number of hydrogen-bond donors (Lipinski definition) is 2. The summed E-state index contributed by atoms with van der Waals surface area (Å²) >= 11 is 0. The first kappa shape index (κ1) is 6.55. The van der Waals surface area contributed by atoms with Crippen LogP contribution >= 0.6 is 0 Å². The number of rotatable bonds is 1. The Bertz CT molecular complexity index is 124. The van der Waals surface area contributed by atoms with Crippen LogP contribution in [0.3, 0.4) is 0 Å². The first-order chi connectivity index (χ1) is 4.22. The standard InChI is InChI=1S/C6H11NO2/c7-6(9)4-2-1-3-5(4)8/h4-5,8H,1-3H2,(H2,7,9)/t4-,5+/m1/s1. The average molecular weight is 129 g/mol. The molecule has 0 aliphatic heterocycles. The second-order valence-electron chi connectivity index (χ2n) is 2.51. The summed E-state index contributed by atoms with van der Waals surface area (Å²) in [6, 6.07) is 0. The molecule has 1 fully saturated rings. The van der Waals surface area contributed by atoms with Gasteiger partial charge in [-0.1, -0.05) is 0 Å². The molecule has 3 nitrogen and oxygen atoms in total. The number of primary amides is 1. The molecule has 1 rings (SSSR count). The second-order valence-corrected chi connectivity index (χ2v) is 2.51. The maximum absolute atomic E-state index is 10.5.